The van der Waals surface area contributed by atoms with Crippen molar-refractivity contribution in [3.63, 3.8) is 0 Å². The summed E-state index contributed by atoms with van der Waals surface area (Å²) >= 11 is 1.05. The molecule has 0 saturated heterocycles. The quantitative estimate of drug-likeness (QED) is 0.753. The first-order valence-corrected chi connectivity index (χ1v) is 6.22. The molecule has 2 rings (SSSR count). The average molecular weight is 269 g/mol. The van der Waals surface area contributed by atoms with Gasteiger partial charge in [0.1, 0.15) is 12.3 Å². The topological polar surface area (TPSA) is 107 Å². The Labute approximate surface area is 106 Å². The third-order valence-electron chi connectivity index (χ3n) is 2.06. The molecule has 0 aliphatic rings. The largest absolute Gasteiger partial charge is 0.481 e. The summed E-state index contributed by atoms with van der Waals surface area (Å²) in [6.45, 7) is 2.25. The number of aromatic nitrogens is 5. The first-order valence-electron chi connectivity index (χ1n) is 5.23. The molecule has 96 valence electrons. The van der Waals surface area contributed by atoms with Crippen LogP contribution in [0.2, 0.25) is 0 Å². The van der Waals surface area contributed by atoms with E-state index in [9.17, 15) is 4.79 Å². The van der Waals surface area contributed by atoms with Crippen molar-refractivity contribution in [1.82, 2.24) is 25.2 Å². The Kier molecular flexibility index (Phi) is 3.92. The molecule has 0 amide bonds. The lowest BCUT2D eigenvalue weighted by Gasteiger charge is -1.99. The minimum atomic E-state index is -0.918. The van der Waals surface area contributed by atoms with Crippen molar-refractivity contribution < 1.29 is 14.3 Å². The van der Waals surface area contributed by atoms with E-state index in [1.54, 1.807) is 6.20 Å². The summed E-state index contributed by atoms with van der Waals surface area (Å²) in [6, 6.07) is 0. The zero-order valence-electron chi connectivity index (χ0n) is 9.61. The minimum absolute atomic E-state index is 0.0911. The molecule has 2 aromatic rings. The summed E-state index contributed by atoms with van der Waals surface area (Å²) < 4.78 is 6.89. The summed E-state index contributed by atoms with van der Waals surface area (Å²) in [4.78, 5) is 14.6. The fraction of sp³-hybridized carbons (Fsp3) is 0.444. The number of carbonyl (C=O) groups is 1. The molecule has 18 heavy (non-hydrogen) atoms. The number of hydrogen-bond acceptors (Lipinski definition) is 7. The molecule has 9 heteroatoms. The van der Waals surface area contributed by atoms with E-state index in [0.717, 1.165) is 23.9 Å². The molecule has 0 aliphatic heterocycles. The lowest BCUT2D eigenvalue weighted by Crippen LogP contribution is -2.06. The van der Waals surface area contributed by atoms with Crippen LogP contribution in [0.1, 0.15) is 18.6 Å². The van der Waals surface area contributed by atoms with Gasteiger partial charge in [-0.25, -0.2) is 9.67 Å². The van der Waals surface area contributed by atoms with E-state index in [-0.39, 0.29) is 12.3 Å². The number of hydrogen-bond donors (Lipinski definition) is 1. The van der Waals surface area contributed by atoms with Gasteiger partial charge in [0, 0.05) is 6.42 Å². The molecule has 0 aromatic carbocycles. The molecule has 0 unspecified atom stereocenters. The molecule has 0 atom stereocenters. The van der Waals surface area contributed by atoms with Gasteiger partial charge in [0.2, 0.25) is 11.0 Å². The van der Waals surface area contributed by atoms with Gasteiger partial charge in [-0.3, -0.25) is 4.79 Å². The second-order valence-corrected chi connectivity index (χ2v) is 4.32. The van der Waals surface area contributed by atoms with Crippen LogP contribution in [-0.2, 0) is 17.8 Å². The van der Waals surface area contributed by atoms with Gasteiger partial charge in [-0.1, -0.05) is 18.7 Å². The van der Waals surface area contributed by atoms with E-state index in [1.807, 2.05) is 6.92 Å². The molecule has 0 radical (unpaired) electrons. The lowest BCUT2D eigenvalue weighted by molar-refractivity contribution is -0.133. The SMILES string of the molecule is CCc1cnc(Cn2nnnc2SCC(=O)O)o1. The van der Waals surface area contributed by atoms with Gasteiger partial charge in [0.15, 0.2) is 0 Å². The van der Waals surface area contributed by atoms with Crippen LogP contribution >= 0.6 is 11.8 Å². The maximum absolute atomic E-state index is 10.5. The summed E-state index contributed by atoms with van der Waals surface area (Å²) in [5.41, 5.74) is 0. The second kappa shape index (κ2) is 5.63. The van der Waals surface area contributed by atoms with Gasteiger partial charge >= 0.3 is 5.97 Å². The van der Waals surface area contributed by atoms with Crippen LogP contribution in [0.25, 0.3) is 0 Å². The van der Waals surface area contributed by atoms with E-state index in [4.69, 9.17) is 9.52 Å². The number of thioether (sulfide) groups is 1. The molecule has 2 aromatic heterocycles. The molecule has 0 spiro atoms. The molecule has 1 N–H and O–H groups in total. The van der Waals surface area contributed by atoms with E-state index in [2.05, 4.69) is 20.5 Å². The number of nitrogens with zero attached hydrogens (tertiary/aromatic N) is 5. The maximum atomic E-state index is 10.5. The molecule has 0 fully saturated rings. The molecule has 8 nitrogen and oxygen atoms in total. The number of carboxylic acids is 1. The molecule has 0 aliphatic carbocycles. The number of carboxylic acid groups (broad SMARTS) is 1. The van der Waals surface area contributed by atoms with Crippen LogP contribution in [-0.4, -0.2) is 42.0 Å². The number of oxazole rings is 1. The van der Waals surface area contributed by atoms with Gasteiger partial charge in [-0.05, 0) is 10.4 Å². The Morgan fingerprint density at radius 3 is 3.11 bits per heavy atom. The van der Waals surface area contributed by atoms with Crippen molar-refractivity contribution in [3.8, 4) is 0 Å². The van der Waals surface area contributed by atoms with Gasteiger partial charge < -0.3 is 9.52 Å². The zero-order valence-corrected chi connectivity index (χ0v) is 10.4. The maximum Gasteiger partial charge on any atom is 0.313 e. The highest BCUT2D eigenvalue weighted by Crippen LogP contribution is 2.14. The Balaban J connectivity index is 2.04. The highest BCUT2D eigenvalue weighted by molar-refractivity contribution is 7.99. The molecule has 2 heterocycles. The van der Waals surface area contributed by atoms with E-state index in [1.165, 1.54) is 4.68 Å². The normalized spacial score (nSPS) is 10.7. The number of aryl methyl sites for hydroxylation is 1. The zero-order chi connectivity index (χ0) is 13.0. The standard InChI is InChI=1S/C9H11N5O3S/c1-2-6-3-10-7(17-6)4-14-9(11-12-13-14)18-5-8(15)16/h3H,2,4-5H2,1H3,(H,15,16). The van der Waals surface area contributed by atoms with Crippen molar-refractivity contribution in [1.29, 1.82) is 0 Å². The van der Waals surface area contributed by atoms with Crippen LogP contribution in [0.3, 0.4) is 0 Å². The first kappa shape index (κ1) is 12.6. The first-order chi connectivity index (χ1) is 8.69. The summed E-state index contributed by atoms with van der Waals surface area (Å²) in [7, 11) is 0. The van der Waals surface area contributed by atoms with Crippen molar-refractivity contribution in [2.24, 2.45) is 0 Å². The smallest absolute Gasteiger partial charge is 0.313 e. The van der Waals surface area contributed by atoms with Crippen LogP contribution < -0.4 is 0 Å². The third kappa shape index (κ3) is 3.06. The summed E-state index contributed by atoms with van der Waals surface area (Å²) in [6.07, 6.45) is 2.42. The van der Waals surface area contributed by atoms with Gasteiger partial charge in [0.05, 0.1) is 11.9 Å². The Morgan fingerprint density at radius 1 is 1.61 bits per heavy atom. The fourth-order valence-electron chi connectivity index (χ4n) is 1.24. The van der Waals surface area contributed by atoms with Crippen LogP contribution in [0.4, 0.5) is 0 Å². The van der Waals surface area contributed by atoms with Crippen LogP contribution in [0.5, 0.6) is 0 Å². The van der Waals surface area contributed by atoms with Gasteiger partial charge in [-0.15, -0.1) is 5.10 Å². The minimum Gasteiger partial charge on any atom is -0.481 e. The molecule has 0 saturated carbocycles. The average Bonchev–Trinajstić information content (AvgIpc) is 2.96. The number of rotatable bonds is 6. The molecular weight excluding hydrogens is 258 g/mol. The monoisotopic (exact) mass is 269 g/mol. The van der Waals surface area contributed by atoms with Crippen LogP contribution in [0, 0.1) is 0 Å². The molecular formula is C9H11N5O3S. The Morgan fingerprint density at radius 2 is 2.44 bits per heavy atom. The third-order valence-corrected chi connectivity index (χ3v) is 3.00. The van der Waals surface area contributed by atoms with Crippen molar-refractivity contribution >= 4 is 17.7 Å². The predicted molar refractivity (Wildman–Crippen MR) is 61.2 cm³/mol. The van der Waals surface area contributed by atoms with E-state index in [0.29, 0.717) is 11.0 Å². The summed E-state index contributed by atoms with van der Waals surface area (Å²) in [5, 5.41) is 20.0. The van der Waals surface area contributed by atoms with Crippen molar-refractivity contribution in [2.75, 3.05) is 5.75 Å². The Bertz CT molecular complexity index is 538. The Hall–Kier alpha value is -1.90. The molecule has 0 bridgehead atoms. The predicted octanol–water partition coefficient (Wildman–Crippen LogP) is 0.448. The fourth-order valence-corrected chi connectivity index (χ4v) is 1.83. The van der Waals surface area contributed by atoms with Crippen molar-refractivity contribution in [3.05, 3.63) is 17.8 Å². The summed E-state index contributed by atoms with van der Waals surface area (Å²) in [5.74, 6) is 0.277. The highest BCUT2D eigenvalue weighted by atomic mass is 32.2. The second-order valence-electron chi connectivity index (χ2n) is 3.38. The van der Waals surface area contributed by atoms with Gasteiger partial charge in [-0.2, -0.15) is 0 Å². The highest BCUT2D eigenvalue weighted by Gasteiger charge is 2.12. The number of tetrazole rings is 1. The number of aliphatic carboxylic acids is 1. The lowest BCUT2D eigenvalue weighted by atomic mass is 10.4. The van der Waals surface area contributed by atoms with Crippen molar-refractivity contribution in [2.45, 2.75) is 25.0 Å². The van der Waals surface area contributed by atoms with E-state index >= 15 is 0 Å². The van der Waals surface area contributed by atoms with Crippen LogP contribution in [0.15, 0.2) is 15.8 Å². The van der Waals surface area contributed by atoms with E-state index < -0.39 is 5.97 Å². The van der Waals surface area contributed by atoms with Gasteiger partial charge in [0.25, 0.3) is 0 Å².